The van der Waals surface area contributed by atoms with Crippen molar-refractivity contribution >= 4 is 40.0 Å². The third-order valence-corrected chi connectivity index (χ3v) is 5.12. The Balaban J connectivity index is 0.000000268. The highest BCUT2D eigenvalue weighted by Crippen LogP contribution is 2.25. The number of aromatic nitrogens is 1. The zero-order valence-electron chi connectivity index (χ0n) is 20.4. The predicted octanol–water partition coefficient (Wildman–Crippen LogP) is 6.89. The number of carbonyl (C=O) groups is 2. The molecule has 0 saturated carbocycles. The van der Waals surface area contributed by atoms with E-state index >= 15 is 0 Å². The van der Waals surface area contributed by atoms with Gasteiger partial charge in [-0.2, -0.15) is 0 Å². The number of aryl methyl sites for hydroxylation is 1. The third-order valence-electron chi connectivity index (χ3n) is 4.86. The monoisotopic (exact) mass is 469 g/mol. The van der Waals surface area contributed by atoms with Crippen molar-refractivity contribution in [3.63, 3.8) is 0 Å². The molecule has 2 aromatic carbocycles. The van der Waals surface area contributed by atoms with Crippen LogP contribution in [0.15, 0.2) is 60.8 Å². The number of fused-ring (bicyclic) bond motifs is 1. The molecule has 0 unspecified atom stereocenters. The zero-order valence-corrected chi connectivity index (χ0v) is 21.2. The number of nitrogens with one attached hydrogen (secondary N) is 1. The maximum absolute atomic E-state index is 11.4. The second-order valence-corrected chi connectivity index (χ2v) is 7.67. The molecule has 0 radical (unpaired) electrons. The summed E-state index contributed by atoms with van der Waals surface area (Å²) in [6, 6.07) is 17.2. The minimum absolute atomic E-state index is 0.0273. The number of hydrogen-bond acceptors (Lipinski definition) is 3. The Morgan fingerprint density at radius 2 is 1.64 bits per heavy atom. The second-order valence-electron chi connectivity index (χ2n) is 7.24. The highest BCUT2D eigenvalue weighted by Gasteiger charge is 2.12. The molecule has 4 rings (SSSR count). The summed E-state index contributed by atoms with van der Waals surface area (Å²) < 4.78 is 0. The molecular formula is C27H36ClN3O2. The van der Waals surface area contributed by atoms with Gasteiger partial charge in [0, 0.05) is 43.0 Å². The molecule has 33 heavy (non-hydrogen) atoms. The highest BCUT2D eigenvalue weighted by molar-refractivity contribution is 6.30. The Hall–Kier alpha value is -2.92. The van der Waals surface area contributed by atoms with Crippen LogP contribution in [0.2, 0.25) is 5.02 Å². The molecule has 178 valence electrons. The fraction of sp³-hybridized carbons (Fsp3) is 0.370. The van der Waals surface area contributed by atoms with E-state index in [9.17, 15) is 9.59 Å². The molecule has 2 heterocycles. The summed E-state index contributed by atoms with van der Waals surface area (Å²) >= 11 is 5.54. The molecule has 0 atom stereocenters. The van der Waals surface area contributed by atoms with Gasteiger partial charge in [0.2, 0.25) is 11.8 Å². The highest BCUT2D eigenvalue weighted by atomic mass is 35.5. The molecular weight excluding hydrogens is 434 g/mol. The maximum Gasteiger partial charge on any atom is 0.224 e. The molecule has 1 N–H and O–H groups in total. The van der Waals surface area contributed by atoms with Crippen molar-refractivity contribution in [2.24, 2.45) is 0 Å². The first kappa shape index (κ1) is 28.1. The molecule has 1 aromatic heterocycles. The first-order valence-corrected chi connectivity index (χ1v) is 11.9. The zero-order chi connectivity index (χ0) is 24.6. The minimum Gasteiger partial charge on any atom is -0.343 e. The van der Waals surface area contributed by atoms with E-state index in [-0.39, 0.29) is 11.8 Å². The molecule has 1 aliphatic heterocycles. The predicted molar refractivity (Wildman–Crippen MR) is 140 cm³/mol. The van der Waals surface area contributed by atoms with Gasteiger partial charge in [-0.15, -0.1) is 0 Å². The summed E-state index contributed by atoms with van der Waals surface area (Å²) in [5.74, 6) is 0.252. The van der Waals surface area contributed by atoms with Crippen molar-refractivity contribution in [2.45, 2.75) is 53.9 Å². The van der Waals surface area contributed by atoms with Crippen molar-refractivity contribution < 1.29 is 9.59 Å². The topological polar surface area (TPSA) is 62.3 Å². The van der Waals surface area contributed by atoms with E-state index in [4.69, 9.17) is 11.6 Å². The molecule has 3 aromatic rings. The van der Waals surface area contributed by atoms with Gasteiger partial charge < -0.3 is 10.2 Å². The van der Waals surface area contributed by atoms with Crippen molar-refractivity contribution in [3.05, 3.63) is 71.4 Å². The average molecular weight is 470 g/mol. The second kappa shape index (κ2) is 15.8. The Morgan fingerprint density at radius 3 is 2.12 bits per heavy atom. The number of benzene rings is 2. The van der Waals surface area contributed by atoms with Gasteiger partial charge in [0.25, 0.3) is 0 Å². The SMILES string of the molecule is CC.CC(=O)N1CCCC1.CCC(=O)Nc1c(C)ccc2ncccc12.Clc1ccccc1. The summed E-state index contributed by atoms with van der Waals surface area (Å²) in [5.41, 5.74) is 2.83. The van der Waals surface area contributed by atoms with E-state index in [0.717, 1.165) is 40.3 Å². The summed E-state index contributed by atoms with van der Waals surface area (Å²) in [6.07, 6.45) is 4.62. The number of nitrogens with zero attached hydrogens (tertiary/aromatic N) is 2. The van der Waals surface area contributed by atoms with Crippen LogP contribution in [0.3, 0.4) is 0 Å². The van der Waals surface area contributed by atoms with Crippen LogP contribution in [-0.2, 0) is 9.59 Å². The van der Waals surface area contributed by atoms with E-state index in [2.05, 4.69) is 10.3 Å². The van der Waals surface area contributed by atoms with Crippen LogP contribution < -0.4 is 5.32 Å². The molecule has 1 aliphatic rings. The van der Waals surface area contributed by atoms with Gasteiger partial charge in [-0.25, -0.2) is 0 Å². The van der Waals surface area contributed by atoms with Crippen LogP contribution in [-0.4, -0.2) is 34.8 Å². The molecule has 0 aliphatic carbocycles. The van der Waals surface area contributed by atoms with Crippen LogP contribution in [0.4, 0.5) is 5.69 Å². The fourth-order valence-electron chi connectivity index (χ4n) is 3.10. The lowest BCUT2D eigenvalue weighted by Gasteiger charge is -2.10. The number of carbonyl (C=O) groups excluding carboxylic acids is 2. The van der Waals surface area contributed by atoms with E-state index in [0.29, 0.717) is 6.42 Å². The first-order valence-electron chi connectivity index (χ1n) is 11.5. The standard InChI is InChI=1S/C13H14N2O.C6H5Cl.C6H11NO.C2H6/c1-3-12(16)15-13-9(2)6-7-11-10(13)5-4-8-14-11;7-6-4-2-1-3-5-6;1-6(8)7-4-2-3-5-7;1-2/h4-8H,3H2,1-2H3,(H,15,16);1-5H;2-5H2,1H3;1-2H3. The Kier molecular flexibility index (Phi) is 13.5. The van der Waals surface area contributed by atoms with Crippen LogP contribution in [0.5, 0.6) is 0 Å². The van der Waals surface area contributed by atoms with Gasteiger partial charge >= 0.3 is 0 Å². The number of hydrogen-bond donors (Lipinski definition) is 1. The lowest BCUT2D eigenvalue weighted by Crippen LogP contribution is -2.24. The number of pyridine rings is 1. The molecule has 1 fully saturated rings. The van der Waals surface area contributed by atoms with E-state index < -0.39 is 0 Å². The van der Waals surface area contributed by atoms with Crippen molar-refractivity contribution in [1.82, 2.24) is 9.88 Å². The quantitative estimate of drug-likeness (QED) is 0.444. The number of likely N-dealkylation sites (tertiary alicyclic amines) is 1. The summed E-state index contributed by atoms with van der Waals surface area (Å²) in [6.45, 7) is 11.4. The average Bonchev–Trinajstić information content (AvgIpc) is 3.39. The van der Waals surface area contributed by atoms with Gasteiger partial charge in [0.15, 0.2) is 0 Å². The summed E-state index contributed by atoms with van der Waals surface area (Å²) in [7, 11) is 0. The van der Waals surface area contributed by atoms with Crippen molar-refractivity contribution in [3.8, 4) is 0 Å². The first-order chi connectivity index (χ1) is 15.9. The van der Waals surface area contributed by atoms with Gasteiger partial charge in [-0.3, -0.25) is 14.6 Å². The minimum atomic E-state index is 0.0273. The molecule has 1 saturated heterocycles. The summed E-state index contributed by atoms with van der Waals surface area (Å²) in [5, 5.41) is 4.71. The molecule has 5 nitrogen and oxygen atoms in total. The lowest BCUT2D eigenvalue weighted by molar-refractivity contribution is -0.127. The van der Waals surface area contributed by atoms with Gasteiger partial charge in [-0.1, -0.05) is 56.6 Å². The Labute approximate surface area is 203 Å². The van der Waals surface area contributed by atoms with Gasteiger partial charge in [-0.05, 0) is 55.7 Å². The molecule has 0 bridgehead atoms. The van der Waals surface area contributed by atoms with E-state index in [1.807, 2.05) is 87.2 Å². The fourth-order valence-corrected chi connectivity index (χ4v) is 3.25. The number of rotatable bonds is 2. The largest absolute Gasteiger partial charge is 0.343 e. The number of halogens is 1. The lowest BCUT2D eigenvalue weighted by atomic mass is 10.1. The van der Waals surface area contributed by atoms with Crippen LogP contribution in [0.1, 0.15) is 52.5 Å². The van der Waals surface area contributed by atoms with Crippen LogP contribution >= 0.6 is 11.6 Å². The maximum atomic E-state index is 11.4. The Bertz CT molecular complexity index is 987. The smallest absolute Gasteiger partial charge is 0.224 e. The van der Waals surface area contributed by atoms with Crippen LogP contribution in [0.25, 0.3) is 10.9 Å². The number of anilines is 1. The number of amides is 2. The normalized spacial score (nSPS) is 11.8. The third kappa shape index (κ3) is 10.0. The van der Waals surface area contributed by atoms with Gasteiger partial charge in [0.1, 0.15) is 0 Å². The molecule has 2 amide bonds. The Morgan fingerprint density at radius 1 is 1.00 bits per heavy atom. The van der Waals surface area contributed by atoms with Crippen molar-refractivity contribution in [2.75, 3.05) is 18.4 Å². The van der Waals surface area contributed by atoms with Crippen molar-refractivity contribution in [1.29, 1.82) is 0 Å². The summed E-state index contributed by atoms with van der Waals surface area (Å²) in [4.78, 5) is 28.2. The van der Waals surface area contributed by atoms with Gasteiger partial charge in [0.05, 0.1) is 11.2 Å². The van der Waals surface area contributed by atoms with E-state index in [1.165, 1.54) is 12.8 Å². The van der Waals surface area contributed by atoms with Crippen LogP contribution in [0, 0.1) is 6.92 Å². The van der Waals surface area contributed by atoms with E-state index in [1.54, 1.807) is 13.1 Å². The molecule has 0 spiro atoms. The molecule has 6 heteroatoms.